The van der Waals surface area contributed by atoms with Crippen LogP contribution in [0.25, 0.3) is 0 Å². The third kappa shape index (κ3) is 7.52. The summed E-state index contributed by atoms with van der Waals surface area (Å²) in [5, 5.41) is 0. The van der Waals surface area contributed by atoms with Gasteiger partial charge in [0.2, 0.25) is 0 Å². The molecule has 0 aliphatic heterocycles. The summed E-state index contributed by atoms with van der Waals surface area (Å²) in [5.41, 5.74) is 0. The van der Waals surface area contributed by atoms with Crippen molar-refractivity contribution in [2.75, 3.05) is 12.9 Å². The fourth-order valence-electron chi connectivity index (χ4n) is 1.40. The molecule has 0 aliphatic rings. The first-order chi connectivity index (χ1) is 9.69. The van der Waals surface area contributed by atoms with Crippen LogP contribution in [0.4, 0.5) is 13.3 Å². The largest absolute Gasteiger partial charge is 0.436 e. The minimum absolute atomic E-state index is 0.0103. The zero-order chi connectivity index (χ0) is 17.8. The zero-order valence-corrected chi connectivity index (χ0v) is 16.5. The Morgan fingerprint density at radius 2 is 1.64 bits per heavy atom. The lowest BCUT2D eigenvalue weighted by Gasteiger charge is -2.32. The Bertz CT molecular complexity index is 589. The molecule has 134 valence electrons. The van der Waals surface area contributed by atoms with Crippen LogP contribution in [0.2, 0.25) is 32.2 Å². The van der Waals surface area contributed by atoms with E-state index in [1.165, 1.54) is 7.11 Å². The van der Waals surface area contributed by atoms with Crippen molar-refractivity contribution in [2.45, 2.75) is 38.0 Å². The van der Waals surface area contributed by atoms with Crippen molar-refractivity contribution in [1.82, 2.24) is 0 Å². The molecule has 0 amide bonds. The topological polar surface area (TPSA) is 91.3 Å². The fourth-order valence-corrected chi connectivity index (χ4v) is 12.4. The van der Waals surface area contributed by atoms with Gasteiger partial charge in [-0.2, -0.15) is 8.78 Å². The van der Waals surface area contributed by atoms with Crippen LogP contribution in [0.5, 0.6) is 0 Å². The number of alkyl halides is 2. The van der Waals surface area contributed by atoms with Crippen molar-refractivity contribution < 1.29 is 38.9 Å². The standard InChI is InChI=1S/C8H20F3NO6S2Si2/c1-16-22(4,5)18-21(2,3)7-6-19(13,14)12-20(15,17-11)8(9)10/h8H,6-7H2,1-5H3. The number of hydrogen-bond donors (Lipinski definition) is 0. The van der Waals surface area contributed by atoms with Crippen LogP contribution in [0, 0.1) is 0 Å². The Morgan fingerprint density at radius 1 is 1.14 bits per heavy atom. The van der Waals surface area contributed by atoms with Crippen LogP contribution in [0.15, 0.2) is 3.77 Å². The first-order valence-electron chi connectivity index (χ1n) is 6.02. The summed E-state index contributed by atoms with van der Waals surface area (Å²) in [7, 11) is -13.2. The Morgan fingerprint density at radius 3 is 2.00 bits per heavy atom. The molecule has 14 heteroatoms. The predicted octanol–water partition coefficient (Wildman–Crippen LogP) is 2.39. The monoisotopic (exact) mass is 403 g/mol. The highest BCUT2D eigenvalue weighted by Gasteiger charge is 2.35. The number of sulfonamides is 1. The molecule has 0 rings (SSSR count). The van der Waals surface area contributed by atoms with Crippen LogP contribution in [-0.2, 0) is 33.0 Å². The summed E-state index contributed by atoms with van der Waals surface area (Å²) in [6, 6.07) is -0.0103. The molecule has 0 bridgehead atoms. The van der Waals surface area contributed by atoms with E-state index >= 15 is 0 Å². The smallest absolute Gasteiger partial charge is 0.346 e. The van der Waals surface area contributed by atoms with E-state index in [-0.39, 0.29) is 6.04 Å². The van der Waals surface area contributed by atoms with E-state index in [1.807, 2.05) is 0 Å². The quantitative estimate of drug-likeness (QED) is 0.549. The highest BCUT2D eigenvalue weighted by Crippen LogP contribution is 2.21. The summed E-state index contributed by atoms with van der Waals surface area (Å²) in [6.45, 7) is 6.96. The second kappa shape index (κ2) is 7.72. The average Bonchev–Trinajstić information content (AvgIpc) is 2.35. The van der Waals surface area contributed by atoms with Crippen molar-refractivity contribution in [1.29, 1.82) is 0 Å². The van der Waals surface area contributed by atoms with Gasteiger partial charge in [0, 0.05) is 7.11 Å². The molecule has 0 saturated heterocycles. The molecule has 1 atom stereocenters. The lowest BCUT2D eigenvalue weighted by molar-refractivity contribution is -0.000780. The number of hydrogen-bond acceptors (Lipinski definition) is 6. The van der Waals surface area contributed by atoms with Crippen LogP contribution in [0.3, 0.4) is 0 Å². The summed E-state index contributed by atoms with van der Waals surface area (Å²) < 4.78 is 86.9. The molecule has 0 aromatic rings. The van der Waals surface area contributed by atoms with Gasteiger partial charge in [-0.3, -0.25) is 0 Å². The first kappa shape index (κ1) is 22.0. The molecule has 0 radical (unpaired) electrons. The van der Waals surface area contributed by atoms with Gasteiger partial charge in [0.25, 0.3) is 20.0 Å². The molecule has 7 nitrogen and oxygen atoms in total. The van der Waals surface area contributed by atoms with Crippen molar-refractivity contribution >= 4 is 36.9 Å². The van der Waals surface area contributed by atoms with Gasteiger partial charge in [0.1, 0.15) is 0 Å². The van der Waals surface area contributed by atoms with Crippen LogP contribution < -0.4 is 0 Å². The van der Waals surface area contributed by atoms with E-state index in [0.717, 1.165) is 0 Å². The van der Waals surface area contributed by atoms with Gasteiger partial charge in [-0.05, 0) is 36.8 Å². The SMILES string of the molecule is CO[Si](C)(C)O[Si](C)(C)CCS(=O)(=O)N=S(=O)(OF)C(F)F. The molecular formula is C8H20F3NO6S2Si2. The fraction of sp³-hybridized carbons (Fsp3) is 1.00. The van der Waals surface area contributed by atoms with Gasteiger partial charge in [0.05, 0.1) is 5.75 Å². The maximum atomic E-state index is 12.3. The van der Waals surface area contributed by atoms with Crippen LogP contribution in [-0.4, -0.2) is 48.1 Å². The second-order valence-electron chi connectivity index (χ2n) is 5.41. The second-order valence-corrected chi connectivity index (χ2v) is 17.1. The summed E-state index contributed by atoms with van der Waals surface area (Å²) in [4.78, 5) is 0. The minimum Gasteiger partial charge on any atom is -0.436 e. The van der Waals surface area contributed by atoms with E-state index in [9.17, 15) is 25.9 Å². The molecule has 1 unspecified atom stereocenters. The molecule has 0 fully saturated rings. The molecule has 0 aliphatic carbocycles. The minimum atomic E-state index is -5.21. The van der Waals surface area contributed by atoms with E-state index < -0.39 is 48.4 Å². The summed E-state index contributed by atoms with van der Waals surface area (Å²) in [5.74, 6) is -4.58. The van der Waals surface area contributed by atoms with Gasteiger partial charge >= 0.3 is 14.3 Å². The molecule has 0 saturated carbocycles. The van der Waals surface area contributed by atoms with Crippen molar-refractivity contribution in [3.8, 4) is 0 Å². The lowest BCUT2D eigenvalue weighted by atomic mass is 11.0. The third-order valence-corrected chi connectivity index (χ3v) is 12.6. The van der Waals surface area contributed by atoms with Crippen molar-refractivity contribution in [2.24, 2.45) is 3.77 Å². The highest BCUT2D eigenvalue weighted by molar-refractivity contribution is 8.01. The Kier molecular flexibility index (Phi) is 7.72. The number of nitrogens with zero attached hydrogens (tertiary/aromatic N) is 1. The van der Waals surface area contributed by atoms with E-state index in [4.69, 9.17) is 8.54 Å². The molecule has 22 heavy (non-hydrogen) atoms. The molecule has 0 N–H and O–H groups in total. The van der Waals surface area contributed by atoms with Crippen molar-refractivity contribution in [3.63, 3.8) is 0 Å². The summed E-state index contributed by atoms with van der Waals surface area (Å²) >= 11 is 0. The number of rotatable bonds is 9. The van der Waals surface area contributed by atoms with Crippen molar-refractivity contribution in [3.05, 3.63) is 0 Å². The number of halogens is 3. The molecule has 0 aromatic heterocycles. The van der Waals surface area contributed by atoms with Gasteiger partial charge in [0.15, 0.2) is 8.32 Å². The zero-order valence-electron chi connectivity index (χ0n) is 12.8. The molecule has 0 aromatic carbocycles. The van der Waals surface area contributed by atoms with Crippen LogP contribution >= 0.6 is 0 Å². The molecule has 0 spiro atoms. The summed E-state index contributed by atoms with van der Waals surface area (Å²) in [6.07, 6.45) is 0. The maximum Gasteiger partial charge on any atom is 0.346 e. The van der Waals surface area contributed by atoms with Gasteiger partial charge < -0.3 is 8.54 Å². The Hall–Kier alpha value is 0.00377. The van der Waals surface area contributed by atoms with Gasteiger partial charge in [-0.15, -0.1) is 0 Å². The Labute approximate surface area is 130 Å². The molecular weight excluding hydrogens is 383 g/mol. The van der Waals surface area contributed by atoms with E-state index in [0.29, 0.717) is 0 Å². The maximum absolute atomic E-state index is 12.3. The third-order valence-electron chi connectivity index (χ3n) is 2.51. The van der Waals surface area contributed by atoms with Gasteiger partial charge in [-0.25, -0.2) is 12.6 Å². The first-order valence-corrected chi connectivity index (χ1v) is 15.1. The lowest BCUT2D eigenvalue weighted by Crippen LogP contribution is -2.46. The van der Waals surface area contributed by atoms with Gasteiger partial charge in [-0.1, -0.05) is 8.16 Å². The predicted molar refractivity (Wildman–Crippen MR) is 80.4 cm³/mol. The highest BCUT2D eigenvalue weighted by atomic mass is 32.3. The average molecular weight is 404 g/mol. The normalized spacial score (nSPS) is 16.6. The van der Waals surface area contributed by atoms with E-state index in [1.54, 1.807) is 26.2 Å². The van der Waals surface area contributed by atoms with E-state index in [2.05, 4.69) is 8.16 Å². The molecule has 0 heterocycles. The van der Waals surface area contributed by atoms with Crippen LogP contribution in [0.1, 0.15) is 0 Å². The Balaban J connectivity index is 5.11.